The van der Waals surface area contributed by atoms with Crippen molar-refractivity contribution in [3.05, 3.63) is 0 Å². The summed E-state index contributed by atoms with van der Waals surface area (Å²) < 4.78 is 0. The minimum absolute atomic E-state index is 0. The van der Waals surface area contributed by atoms with E-state index >= 15 is 0 Å². The van der Waals surface area contributed by atoms with E-state index in [-0.39, 0.29) is 69.9 Å². The molecule has 0 bridgehead atoms. The first kappa shape index (κ1) is 37.1. The molecule has 0 saturated heterocycles. The maximum Gasteiger partial charge on any atom is 0.140 e. The Kier molecular flexibility index (Phi) is 37.8. The maximum atomic E-state index is 10.6. The average molecular weight is 424 g/mol. The van der Waals surface area contributed by atoms with E-state index in [9.17, 15) is 19.2 Å². The number of carbonyl (C=O) groups is 4. The standard InChI is InChI=1S/2C7H12O2.2C3H8O.Ti/c2*1-3-4-7(9)5-6(2)8;2*1-3(2)4;/h2*3-5H2,1-2H3;2*3-4H,1-2H3;. The third-order valence-electron chi connectivity index (χ3n) is 1.95. The summed E-state index contributed by atoms with van der Waals surface area (Å²) in [5.74, 6) is 0.0527. The van der Waals surface area contributed by atoms with Crippen LogP contribution < -0.4 is 0 Å². The molecule has 0 unspecified atom stereocenters. The molecule has 0 fully saturated rings. The summed E-state index contributed by atoms with van der Waals surface area (Å²) in [6.45, 7) is 13.6. The van der Waals surface area contributed by atoms with Gasteiger partial charge in [0.1, 0.15) is 23.1 Å². The van der Waals surface area contributed by atoms with E-state index < -0.39 is 0 Å². The van der Waals surface area contributed by atoms with Crippen molar-refractivity contribution in [3.8, 4) is 0 Å². The van der Waals surface area contributed by atoms with Crippen molar-refractivity contribution in [2.24, 2.45) is 0 Å². The Hall–Kier alpha value is -0.686. The number of hydrogen-bond acceptors (Lipinski definition) is 6. The molecule has 7 heteroatoms. The molecule has 6 nitrogen and oxygen atoms in total. The number of Topliss-reactive ketones (excluding diaryl/α,β-unsaturated/α-hetero) is 4. The molecule has 0 aromatic rings. The number of aliphatic hydroxyl groups excluding tert-OH is 2. The molecule has 0 aliphatic heterocycles. The van der Waals surface area contributed by atoms with Gasteiger partial charge in [0.15, 0.2) is 0 Å². The second kappa shape index (κ2) is 27.5. The summed E-state index contributed by atoms with van der Waals surface area (Å²) >= 11 is 0. The fourth-order valence-electron chi connectivity index (χ4n) is 1.29. The number of carbonyl (C=O) groups excluding carboxylic acids is 4. The van der Waals surface area contributed by atoms with Crippen molar-refractivity contribution in [3.63, 3.8) is 0 Å². The first-order valence-electron chi connectivity index (χ1n) is 9.18. The average Bonchev–Trinajstić information content (AvgIpc) is 2.36. The Balaban J connectivity index is -0.0000000843. The normalized spacial score (nSPS) is 8.74. The van der Waals surface area contributed by atoms with Crippen LogP contribution in [-0.4, -0.2) is 45.6 Å². The van der Waals surface area contributed by atoms with E-state index in [1.54, 1.807) is 27.7 Å². The topological polar surface area (TPSA) is 109 Å². The van der Waals surface area contributed by atoms with Gasteiger partial charge in [-0.3, -0.25) is 19.2 Å². The molecule has 0 aliphatic rings. The Morgan fingerprint density at radius 3 is 0.963 bits per heavy atom. The molecule has 0 aliphatic carbocycles. The third kappa shape index (κ3) is 77.6. The van der Waals surface area contributed by atoms with Crippen molar-refractivity contribution in [2.75, 3.05) is 0 Å². The quantitative estimate of drug-likeness (QED) is 0.456. The molecule has 160 valence electrons. The van der Waals surface area contributed by atoms with Crippen LogP contribution in [0.15, 0.2) is 0 Å². The van der Waals surface area contributed by atoms with Gasteiger partial charge in [-0.05, 0) is 54.4 Å². The maximum absolute atomic E-state index is 10.6. The minimum atomic E-state index is -0.167. The molecule has 0 spiro atoms. The van der Waals surface area contributed by atoms with Gasteiger partial charge >= 0.3 is 0 Å². The van der Waals surface area contributed by atoms with Crippen LogP contribution in [0.5, 0.6) is 0 Å². The van der Waals surface area contributed by atoms with E-state index in [0.29, 0.717) is 12.8 Å². The van der Waals surface area contributed by atoms with Gasteiger partial charge in [-0.1, -0.05) is 13.8 Å². The second-order valence-corrected chi connectivity index (χ2v) is 6.52. The zero-order valence-electron chi connectivity index (χ0n) is 18.4. The van der Waals surface area contributed by atoms with Crippen molar-refractivity contribution >= 4 is 23.1 Å². The SMILES string of the molecule is CC(C)O.CC(C)O.CCCC(=O)CC(C)=O.CCCC(=O)CC(C)=O.[Ti]. The van der Waals surface area contributed by atoms with Crippen molar-refractivity contribution in [2.45, 2.75) is 106 Å². The van der Waals surface area contributed by atoms with Crippen LogP contribution >= 0.6 is 0 Å². The van der Waals surface area contributed by atoms with Crippen LogP contribution in [0.3, 0.4) is 0 Å². The van der Waals surface area contributed by atoms with E-state index in [1.807, 2.05) is 13.8 Å². The summed E-state index contributed by atoms with van der Waals surface area (Å²) in [5, 5.41) is 16.1. The smallest absolute Gasteiger partial charge is 0.140 e. The molecule has 0 amide bonds. The van der Waals surface area contributed by atoms with Crippen LogP contribution in [0, 0.1) is 0 Å². The van der Waals surface area contributed by atoms with Crippen LogP contribution in [0.2, 0.25) is 0 Å². The van der Waals surface area contributed by atoms with E-state index in [0.717, 1.165) is 12.8 Å². The predicted octanol–water partition coefficient (Wildman–Crippen LogP) is 3.44. The fourth-order valence-corrected chi connectivity index (χ4v) is 1.29. The monoisotopic (exact) mass is 424 g/mol. The molecular formula is C20H40O6Ti. The summed E-state index contributed by atoms with van der Waals surface area (Å²) in [4.78, 5) is 41.9. The molecule has 0 saturated carbocycles. The first-order chi connectivity index (χ1) is 11.8. The molecule has 0 radical (unpaired) electrons. The second-order valence-electron chi connectivity index (χ2n) is 6.52. The first-order valence-corrected chi connectivity index (χ1v) is 9.18. The molecule has 0 aromatic carbocycles. The van der Waals surface area contributed by atoms with Gasteiger partial charge in [-0.2, -0.15) is 0 Å². The summed E-state index contributed by atoms with van der Waals surface area (Å²) in [6.07, 6.45) is 2.67. The minimum Gasteiger partial charge on any atom is -0.394 e. The number of aliphatic hydroxyl groups is 2. The zero-order valence-corrected chi connectivity index (χ0v) is 20.0. The Morgan fingerprint density at radius 1 is 0.667 bits per heavy atom. The fraction of sp³-hybridized carbons (Fsp3) is 0.800. The van der Waals surface area contributed by atoms with Gasteiger partial charge in [-0.25, -0.2) is 0 Å². The van der Waals surface area contributed by atoms with E-state index in [1.165, 1.54) is 13.8 Å². The van der Waals surface area contributed by atoms with Crippen LogP contribution in [0.1, 0.15) is 93.9 Å². The van der Waals surface area contributed by atoms with Gasteiger partial charge < -0.3 is 10.2 Å². The largest absolute Gasteiger partial charge is 0.394 e. The molecular weight excluding hydrogens is 384 g/mol. The Morgan fingerprint density at radius 2 is 0.852 bits per heavy atom. The van der Waals surface area contributed by atoms with Crippen molar-refractivity contribution < 1.29 is 51.1 Å². The molecule has 0 atom stereocenters. The number of hydrogen-bond donors (Lipinski definition) is 2. The predicted molar refractivity (Wildman–Crippen MR) is 105 cm³/mol. The van der Waals surface area contributed by atoms with E-state index in [2.05, 4.69) is 0 Å². The summed E-state index contributed by atoms with van der Waals surface area (Å²) in [7, 11) is 0. The van der Waals surface area contributed by atoms with Gasteiger partial charge in [0, 0.05) is 46.8 Å². The van der Waals surface area contributed by atoms with Crippen molar-refractivity contribution in [1.29, 1.82) is 0 Å². The third-order valence-corrected chi connectivity index (χ3v) is 1.95. The van der Waals surface area contributed by atoms with Crippen LogP contribution in [-0.2, 0) is 40.9 Å². The van der Waals surface area contributed by atoms with Gasteiger partial charge in [0.25, 0.3) is 0 Å². The molecule has 0 aromatic heterocycles. The summed E-state index contributed by atoms with van der Waals surface area (Å²) in [5.41, 5.74) is 0. The Bertz CT molecular complexity index is 337. The summed E-state index contributed by atoms with van der Waals surface area (Å²) in [6, 6.07) is 0. The number of rotatable bonds is 8. The molecule has 27 heavy (non-hydrogen) atoms. The van der Waals surface area contributed by atoms with Gasteiger partial charge in [0.05, 0.1) is 12.8 Å². The molecule has 0 rings (SSSR count). The number of ketones is 4. The van der Waals surface area contributed by atoms with Crippen LogP contribution in [0.4, 0.5) is 0 Å². The van der Waals surface area contributed by atoms with Gasteiger partial charge in [0.2, 0.25) is 0 Å². The van der Waals surface area contributed by atoms with Crippen LogP contribution in [0.25, 0.3) is 0 Å². The molecule has 0 heterocycles. The molecule has 2 N–H and O–H groups in total. The van der Waals surface area contributed by atoms with E-state index in [4.69, 9.17) is 10.2 Å². The van der Waals surface area contributed by atoms with Crippen molar-refractivity contribution in [1.82, 2.24) is 0 Å². The van der Waals surface area contributed by atoms with Gasteiger partial charge in [-0.15, -0.1) is 0 Å². The Labute approximate surface area is 180 Å². The zero-order chi connectivity index (χ0) is 21.7.